The molecule has 1 heterocycles. The monoisotopic (exact) mass is 140 g/mol. The molecule has 1 aliphatic heterocycles. The first kappa shape index (κ1) is 7.58. The second-order valence-electron chi connectivity index (χ2n) is 3.37. The van der Waals surface area contributed by atoms with Gasteiger partial charge in [-0.2, -0.15) is 0 Å². The Morgan fingerprint density at radius 1 is 1.50 bits per heavy atom. The van der Waals surface area contributed by atoms with E-state index in [1.165, 1.54) is 0 Å². The van der Waals surface area contributed by atoms with Crippen LogP contribution in [0.25, 0.3) is 0 Å². The molecule has 1 rings (SSSR count). The van der Waals surface area contributed by atoms with Gasteiger partial charge in [0.25, 0.3) is 0 Å². The molecule has 2 unspecified atom stereocenters. The van der Waals surface area contributed by atoms with Crippen molar-refractivity contribution in [2.45, 2.75) is 26.8 Å². The molecule has 0 aromatic heterocycles. The molecule has 1 N–H and O–H groups in total. The molecule has 0 fully saturated rings. The van der Waals surface area contributed by atoms with Crippen LogP contribution in [-0.2, 0) is 0 Å². The van der Waals surface area contributed by atoms with Crippen LogP contribution < -0.4 is 5.32 Å². The summed E-state index contributed by atoms with van der Waals surface area (Å²) >= 11 is 0. The van der Waals surface area contributed by atoms with Crippen molar-refractivity contribution in [3.05, 3.63) is 0 Å². The Morgan fingerprint density at radius 2 is 2.20 bits per heavy atom. The van der Waals surface area contributed by atoms with Crippen LogP contribution in [0.5, 0.6) is 0 Å². The van der Waals surface area contributed by atoms with Crippen molar-refractivity contribution >= 4 is 6.34 Å². The number of aliphatic imine (C=N–C) groups is 1. The van der Waals surface area contributed by atoms with Gasteiger partial charge in [0, 0.05) is 6.04 Å². The molecule has 1 aliphatic rings. The maximum atomic E-state index is 4.13. The van der Waals surface area contributed by atoms with Gasteiger partial charge in [-0.25, -0.2) is 0 Å². The van der Waals surface area contributed by atoms with Crippen LogP contribution >= 0.6 is 0 Å². The SMILES string of the molecule is CC(C)C(C)C1CN=CN1. The minimum absolute atomic E-state index is 0.583. The predicted molar refractivity (Wildman–Crippen MR) is 44.3 cm³/mol. The summed E-state index contributed by atoms with van der Waals surface area (Å²) in [5.41, 5.74) is 0. The third kappa shape index (κ3) is 1.49. The molecule has 0 bridgehead atoms. The number of nitrogens with zero attached hydrogens (tertiary/aromatic N) is 1. The minimum Gasteiger partial charge on any atom is -0.372 e. The zero-order valence-electron chi connectivity index (χ0n) is 6.96. The third-order valence-corrected chi connectivity index (χ3v) is 2.37. The predicted octanol–water partition coefficient (Wildman–Crippen LogP) is 1.28. The van der Waals surface area contributed by atoms with Crippen LogP contribution in [0.3, 0.4) is 0 Å². The fraction of sp³-hybridized carbons (Fsp3) is 0.875. The number of rotatable bonds is 2. The summed E-state index contributed by atoms with van der Waals surface area (Å²) in [7, 11) is 0. The molecule has 0 radical (unpaired) electrons. The van der Waals surface area contributed by atoms with Crippen LogP contribution in [-0.4, -0.2) is 18.9 Å². The second kappa shape index (κ2) is 3.04. The first-order chi connectivity index (χ1) is 4.72. The summed E-state index contributed by atoms with van der Waals surface area (Å²) in [6.45, 7) is 7.74. The van der Waals surface area contributed by atoms with Crippen molar-refractivity contribution in [2.75, 3.05) is 6.54 Å². The normalized spacial score (nSPS) is 27.0. The van der Waals surface area contributed by atoms with Crippen LogP contribution in [0.4, 0.5) is 0 Å². The highest BCUT2D eigenvalue weighted by Crippen LogP contribution is 2.15. The highest BCUT2D eigenvalue weighted by molar-refractivity contribution is 5.57. The molecule has 0 saturated carbocycles. The van der Waals surface area contributed by atoms with E-state index in [1.54, 1.807) is 0 Å². The Labute approximate surface area is 62.7 Å². The molecule has 10 heavy (non-hydrogen) atoms. The van der Waals surface area contributed by atoms with Crippen molar-refractivity contribution in [1.29, 1.82) is 0 Å². The van der Waals surface area contributed by atoms with Crippen molar-refractivity contribution in [1.82, 2.24) is 5.32 Å². The molecule has 0 amide bonds. The Morgan fingerprint density at radius 3 is 2.60 bits per heavy atom. The molecular weight excluding hydrogens is 124 g/mol. The zero-order valence-corrected chi connectivity index (χ0v) is 6.96. The van der Waals surface area contributed by atoms with Gasteiger partial charge in [0.05, 0.1) is 12.9 Å². The summed E-state index contributed by atoms with van der Waals surface area (Å²) in [6, 6.07) is 0.583. The first-order valence-electron chi connectivity index (χ1n) is 3.96. The van der Waals surface area contributed by atoms with Gasteiger partial charge in [0.1, 0.15) is 0 Å². The summed E-state index contributed by atoms with van der Waals surface area (Å²) in [4.78, 5) is 4.13. The molecule has 58 valence electrons. The lowest BCUT2D eigenvalue weighted by Crippen LogP contribution is -2.34. The van der Waals surface area contributed by atoms with Crippen molar-refractivity contribution in [2.24, 2.45) is 16.8 Å². The van der Waals surface area contributed by atoms with Crippen molar-refractivity contribution in [3.8, 4) is 0 Å². The second-order valence-corrected chi connectivity index (χ2v) is 3.37. The van der Waals surface area contributed by atoms with E-state index in [1.807, 2.05) is 6.34 Å². The summed E-state index contributed by atoms with van der Waals surface area (Å²) in [6.07, 6.45) is 1.82. The van der Waals surface area contributed by atoms with Gasteiger partial charge in [0.2, 0.25) is 0 Å². The topological polar surface area (TPSA) is 24.4 Å². The van der Waals surface area contributed by atoms with E-state index >= 15 is 0 Å². The van der Waals surface area contributed by atoms with E-state index in [9.17, 15) is 0 Å². The molecule has 0 aromatic carbocycles. The van der Waals surface area contributed by atoms with Gasteiger partial charge in [-0.3, -0.25) is 4.99 Å². The number of hydrogen-bond donors (Lipinski definition) is 1. The van der Waals surface area contributed by atoms with Gasteiger partial charge >= 0.3 is 0 Å². The molecular formula is C8H16N2. The smallest absolute Gasteiger partial charge is 0.0827 e. The number of nitrogens with one attached hydrogen (secondary N) is 1. The van der Waals surface area contributed by atoms with Crippen LogP contribution in [0.1, 0.15) is 20.8 Å². The molecule has 2 nitrogen and oxygen atoms in total. The van der Waals surface area contributed by atoms with Crippen LogP contribution in [0, 0.1) is 11.8 Å². The summed E-state index contributed by atoms with van der Waals surface area (Å²) in [5, 5.41) is 3.25. The Bertz CT molecular complexity index is 121. The lowest BCUT2D eigenvalue weighted by molar-refractivity contribution is 0.342. The number of hydrogen-bond acceptors (Lipinski definition) is 2. The van der Waals surface area contributed by atoms with E-state index in [0.717, 1.165) is 18.4 Å². The quantitative estimate of drug-likeness (QED) is 0.614. The van der Waals surface area contributed by atoms with Gasteiger partial charge < -0.3 is 5.32 Å². The van der Waals surface area contributed by atoms with E-state index < -0.39 is 0 Å². The van der Waals surface area contributed by atoms with Crippen LogP contribution in [0.2, 0.25) is 0 Å². The fourth-order valence-corrected chi connectivity index (χ4v) is 1.15. The van der Waals surface area contributed by atoms with E-state index in [-0.39, 0.29) is 0 Å². The zero-order chi connectivity index (χ0) is 7.56. The Kier molecular flexibility index (Phi) is 2.30. The Balaban J connectivity index is 2.34. The molecule has 0 aromatic rings. The van der Waals surface area contributed by atoms with Gasteiger partial charge in [-0.1, -0.05) is 20.8 Å². The fourth-order valence-electron chi connectivity index (χ4n) is 1.15. The molecule has 2 heteroatoms. The van der Waals surface area contributed by atoms with E-state index in [4.69, 9.17) is 0 Å². The highest BCUT2D eigenvalue weighted by Gasteiger charge is 2.20. The van der Waals surface area contributed by atoms with Crippen molar-refractivity contribution < 1.29 is 0 Å². The average molecular weight is 140 g/mol. The van der Waals surface area contributed by atoms with E-state index in [2.05, 4.69) is 31.1 Å². The summed E-state index contributed by atoms with van der Waals surface area (Å²) in [5.74, 6) is 1.47. The third-order valence-electron chi connectivity index (χ3n) is 2.37. The largest absolute Gasteiger partial charge is 0.372 e. The standard InChI is InChI=1S/C8H16N2/c1-6(2)7(3)8-4-9-5-10-8/h5-8H,4H2,1-3H3,(H,9,10). The summed E-state index contributed by atoms with van der Waals surface area (Å²) < 4.78 is 0. The molecule has 2 atom stereocenters. The maximum absolute atomic E-state index is 4.13. The minimum atomic E-state index is 0.583. The first-order valence-corrected chi connectivity index (χ1v) is 3.96. The highest BCUT2D eigenvalue weighted by atomic mass is 15.1. The Hall–Kier alpha value is -0.530. The molecule has 0 spiro atoms. The van der Waals surface area contributed by atoms with Crippen molar-refractivity contribution in [3.63, 3.8) is 0 Å². The molecule has 0 saturated heterocycles. The van der Waals surface area contributed by atoms with Gasteiger partial charge in [-0.15, -0.1) is 0 Å². The van der Waals surface area contributed by atoms with Crippen LogP contribution in [0.15, 0.2) is 4.99 Å². The van der Waals surface area contributed by atoms with Gasteiger partial charge in [0.15, 0.2) is 0 Å². The van der Waals surface area contributed by atoms with E-state index in [0.29, 0.717) is 6.04 Å². The lowest BCUT2D eigenvalue weighted by Gasteiger charge is -2.21. The average Bonchev–Trinajstić information content (AvgIpc) is 2.36. The molecule has 0 aliphatic carbocycles. The maximum Gasteiger partial charge on any atom is 0.0827 e. The lowest BCUT2D eigenvalue weighted by atomic mass is 9.91. The van der Waals surface area contributed by atoms with Gasteiger partial charge in [-0.05, 0) is 11.8 Å².